The monoisotopic (exact) mass is 338 g/mol. The van der Waals surface area contributed by atoms with E-state index in [1.807, 2.05) is 34.6 Å². The summed E-state index contributed by atoms with van der Waals surface area (Å²) in [6.45, 7) is 9.70. The van der Waals surface area contributed by atoms with Gasteiger partial charge in [-0.3, -0.25) is 5.32 Å². The highest BCUT2D eigenvalue weighted by Gasteiger charge is 2.35. The van der Waals surface area contributed by atoms with Crippen LogP contribution < -0.4 is 10.8 Å². The van der Waals surface area contributed by atoms with Crippen molar-refractivity contribution in [2.75, 3.05) is 0 Å². The Morgan fingerprint density at radius 1 is 1.35 bits per heavy atom. The van der Waals surface area contributed by atoms with Gasteiger partial charge in [-0.1, -0.05) is 11.6 Å². The van der Waals surface area contributed by atoms with Gasteiger partial charge in [0.2, 0.25) is 0 Å². The predicted molar refractivity (Wildman–Crippen MR) is 95.9 cm³/mol. The van der Waals surface area contributed by atoms with E-state index in [9.17, 15) is 9.50 Å². The standard InChI is InChI=1S/C17H26BFNO2S/c1-10-8-14(19)12(15(21)20-11-6-7-11)9-13(10)18-22-16(2,3)17(4,5)23/h8-9,11,15,20-21,23H,6-7H2,1-5H3. The maximum atomic E-state index is 14.1. The summed E-state index contributed by atoms with van der Waals surface area (Å²) < 4.78 is 19.7. The maximum Gasteiger partial charge on any atom is 0.331 e. The van der Waals surface area contributed by atoms with Gasteiger partial charge < -0.3 is 9.76 Å². The molecule has 1 aliphatic rings. The van der Waals surface area contributed by atoms with Gasteiger partial charge in [-0.2, -0.15) is 12.6 Å². The molecule has 0 spiro atoms. The van der Waals surface area contributed by atoms with Crippen LogP contribution in [0.4, 0.5) is 4.39 Å². The Bertz CT molecular complexity index is 570. The molecule has 1 fully saturated rings. The third kappa shape index (κ3) is 4.72. The van der Waals surface area contributed by atoms with Crippen LogP contribution in [-0.4, -0.2) is 29.0 Å². The molecule has 1 aromatic rings. The van der Waals surface area contributed by atoms with Crippen LogP contribution in [0, 0.1) is 12.7 Å². The molecule has 0 bridgehead atoms. The van der Waals surface area contributed by atoms with Gasteiger partial charge in [0.15, 0.2) is 0 Å². The molecule has 1 saturated carbocycles. The number of benzene rings is 1. The highest BCUT2D eigenvalue weighted by atomic mass is 32.1. The van der Waals surface area contributed by atoms with Crippen LogP contribution in [0.3, 0.4) is 0 Å². The molecule has 1 atom stereocenters. The highest BCUT2D eigenvalue weighted by molar-refractivity contribution is 7.81. The van der Waals surface area contributed by atoms with Gasteiger partial charge in [0.05, 0.1) is 5.60 Å². The fraction of sp³-hybridized carbons (Fsp3) is 0.647. The zero-order chi connectivity index (χ0) is 17.4. The first-order valence-electron chi connectivity index (χ1n) is 7.99. The SMILES string of the molecule is Cc1cc(F)c(C(O)NC2CC2)cc1[B]OC(C)(C)C(C)(C)S. The van der Waals surface area contributed by atoms with E-state index in [-0.39, 0.29) is 10.3 Å². The third-order valence-electron chi connectivity index (χ3n) is 4.60. The molecule has 0 aromatic heterocycles. The van der Waals surface area contributed by atoms with E-state index in [1.165, 1.54) is 6.07 Å². The van der Waals surface area contributed by atoms with Crippen molar-refractivity contribution >= 4 is 25.6 Å². The Balaban J connectivity index is 2.15. The molecule has 1 unspecified atom stereocenters. The van der Waals surface area contributed by atoms with E-state index in [1.54, 1.807) is 13.5 Å². The summed E-state index contributed by atoms with van der Waals surface area (Å²) >= 11 is 4.57. The summed E-state index contributed by atoms with van der Waals surface area (Å²) in [6, 6.07) is 3.37. The van der Waals surface area contributed by atoms with Gasteiger partial charge in [0.25, 0.3) is 0 Å². The lowest BCUT2D eigenvalue weighted by atomic mass is 9.80. The van der Waals surface area contributed by atoms with Crippen molar-refractivity contribution in [1.29, 1.82) is 0 Å². The van der Waals surface area contributed by atoms with Crippen molar-refractivity contribution in [2.45, 2.75) is 70.1 Å². The van der Waals surface area contributed by atoms with Crippen LogP contribution in [-0.2, 0) is 4.65 Å². The second kappa shape index (κ2) is 6.75. The van der Waals surface area contributed by atoms with Gasteiger partial charge in [-0.15, -0.1) is 0 Å². The first-order chi connectivity index (χ1) is 10.5. The predicted octanol–water partition coefficient (Wildman–Crippen LogP) is 2.63. The molecule has 0 saturated heterocycles. The van der Waals surface area contributed by atoms with Crippen LogP contribution in [0.2, 0.25) is 0 Å². The second-order valence-electron chi connectivity index (χ2n) is 7.38. The Morgan fingerprint density at radius 3 is 2.48 bits per heavy atom. The van der Waals surface area contributed by atoms with Gasteiger partial charge in [-0.05, 0) is 59.0 Å². The number of thiol groups is 1. The number of halogens is 1. The lowest BCUT2D eigenvalue weighted by molar-refractivity contribution is 0.0854. The summed E-state index contributed by atoms with van der Waals surface area (Å²) in [6.07, 6.45) is 1.06. The van der Waals surface area contributed by atoms with Gasteiger partial charge in [-0.25, -0.2) is 4.39 Å². The van der Waals surface area contributed by atoms with Crippen LogP contribution in [0.1, 0.15) is 57.9 Å². The molecule has 0 amide bonds. The Kier molecular flexibility index (Phi) is 5.51. The number of aliphatic hydroxyl groups excluding tert-OH is 1. The molecule has 1 aromatic carbocycles. The summed E-state index contributed by atoms with van der Waals surface area (Å²) in [5, 5.41) is 13.2. The summed E-state index contributed by atoms with van der Waals surface area (Å²) in [7, 11) is 1.63. The smallest absolute Gasteiger partial charge is 0.331 e. The van der Waals surface area contributed by atoms with Gasteiger partial charge >= 0.3 is 7.48 Å². The van der Waals surface area contributed by atoms with Crippen molar-refractivity contribution in [3.8, 4) is 0 Å². The van der Waals surface area contributed by atoms with Crippen LogP contribution in [0.5, 0.6) is 0 Å². The van der Waals surface area contributed by atoms with E-state index < -0.39 is 17.6 Å². The molecule has 2 N–H and O–H groups in total. The topological polar surface area (TPSA) is 41.5 Å². The summed E-state index contributed by atoms with van der Waals surface area (Å²) in [4.78, 5) is 0. The lowest BCUT2D eigenvalue weighted by Crippen LogP contribution is -2.46. The van der Waals surface area contributed by atoms with E-state index in [0.29, 0.717) is 6.04 Å². The first kappa shape index (κ1) is 18.8. The molecule has 1 aliphatic carbocycles. The van der Waals surface area contributed by atoms with Gasteiger partial charge in [0, 0.05) is 16.4 Å². The molecule has 2 rings (SSSR count). The maximum absolute atomic E-state index is 14.1. The molecule has 3 nitrogen and oxygen atoms in total. The Morgan fingerprint density at radius 2 is 1.96 bits per heavy atom. The quantitative estimate of drug-likeness (QED) is 0.407. The normalized spacial score (nSPS) is 17.2. The van der Waals surface area contributed by atoms with Crippen LogP contribution in [0.25, 0.3) is 0 Å². The average molecular weight is 338 g/mol. The summed E-state index contributed by atoms with van der Waals surface area (Å²) in [5.74, 6) is -0.408. The zero-order valence-electron chi connectivity index (χ0n) is 14.5. The minimum absolute atomic E-state index is 0.250. The van der Waals surface area contributed by atoms with E-state index in [0.717, 1.165) is 23.9 Å². The Labute approximate surface area is 144 Å². The Hall–Kier alpha value is -0.555. The molecule has 127 valence electrons. The molecule has 0 aliphatic heterocycles. The van der Waals surface area contributed by atoms with Crippen molar-refractivity contribution in [2.24, 2.45) is 0 Å². The fourth-order valence-electron chi connectivity index (χ4n) is 1.96. The van der Waals surface area contributed by atoms with E-state index >= 15 is 0 Å². The second-order valence-corrected chi connectivity index (χ2v) is 8.50. The molecular formula is C17H26BFNO2S. The van der Waals surface area contributed by atoms with Crippen molar-refractivity contribution in [1.82, 2.24) is 5.32 Å². The molecular weight excluding hydrogens is 312 g/mol. The fourth-order valence-corrected chi connectivity index (χ4v) is 2.01. The minimum Gasteiger partial charge on any atom is -0.428 e. The van der Waals surface area contributed by atoms with Crippen molar-refractivity contribution in [3.05, 3.63) is 29.1 Å². The molecule has 23 heavy (non-hydrogen) atoms. The van der Waals surface area contributed by atoms with Crippen molar-refractivity contribution < 1.29 is 14.2 Å². The van der Waals surface area contributed by atoms with E-state index in [2.05, 4.69) is 17.9 Å². The summed E-state index contributed by atoms with van der Waals surface area (Å²) in [5.41, 5.74) is 1.27. The number of aryl methyl sites for hydroxylation is 1. The van der Waals surface area contributed by atoms with Crippen LogP contribution in [0.15, 0.2) is 12.1 Å². The zero-order valence-corrected chi connectivity index (χ0v) is 15.4. The molecule has 1 radical (unpaired) electrons. The average Bonchev–Trinajstić information content (AvgIpc) is 3.20. The minimum atomic E-state index is -0.996. The molecule has 0 heterocycles. The molecule has 6 heteroatoms. The largest absolute Gasteiger partial charge is 0.428 e. The van der Waals surface area contributed by atoms with Gasteiger partial charge in [0.1, 0.15) is 12.0 Å². The van der Waals surface area contributed by atoms with Crippen molar-refractivity contribution in [3.63, 3.8) is 0 Å². The number of nitrogens with one attached hydrogen (secondary N) is 1. The third-order valence-corrected chi connectivity index (χ3v) is 5.14. The first-order valence-corrected chi connectivity index (χ1v) is 8.43. The number of aliphatic hydroxyl groups is 1. The number of hydrogen-bond donors (Lipinski definition) is 3. The van der Waals surface area contributed by atoms with E-state index in [4.69, 9.17) is 4.65 Å². The lowest BCUT2D eigenvalue weighted by Gasteiger charge is -2.38. The van der Waals surface area contributed by atoms with Crippen LogP contribution >= 0.6 is 12.6 Å². The number of hydrogen-bond acceptors (Lipinski definition) is 4. The highest BCUT2D eigenvalue weighted by Crippen LogP contribution is 2.30. The number of rotatable bonds is 7.